The molecule has 2 atom stereocenters. The Morgan fingerprint density at radius 1 is 1.58 bits per heavy atom. The number of likely N-dealkylation sites (N-methyl/N-ethyl adjacent to an activating group) is 1. The van der Waals surface area contributed by atoms with Gasteiger partial charge in [0.2, 0.25) is 0 Å². The first-order chi connectivity index (χ1) is 8.98. The van der Waals surface area contributed by atoms with Crippen molar-refractivity contribution in [1.29, 1.82) is 0 Å². The summed E-state index contributed by atoms with van der Waals surface area (Å²) in [5, 5.41) is 17.1. The first kappa shape index (κ1) is 14.0. The quantitative estimate of drug-likeness (QED) is 0.862. The van der Waals surface area contributed by atoms with Crippen LogP contribution in [0.5, 0.6) is 0 Å². The Morgan fingerprint density at radius 2 is 2.32 bits per heavy atom. The largest absolute Gasteiger partial charge is 0.480 e. The van der Waals surface area contributed by atoms with Gasteiger partial charge < -0.3 is 10.4 Å². The Kier molecular flexibility index (Phi) is 3.89. The number of nitrogens with one attached hydrogen (secondary N) is 1. The minimum Gasteiger partial charge on any atom is -0.480 e. The molecule has 0 saturated heterocycles. The minimum atomic E-state index is -0.816. The van der Waals surface area contributed by atoms with E-state index >= 15 is 0 Å². The fourth-order valence-electron chi connectivity index (χ4n) is 3.11. The van der Waals surface area contributed by atoms with Crippen LogP contribution < -0.4 is 5.32 Å². The molecule has 19 heavy (non-hydrogen) atoms. The molecule has 1 fully saturated rings. The highest BCUT2D eigenvalue weighted by molar-refractivity contribution is 5.79. The maximum absolute atomic E-state index is 11.6. The van der Waals surface area contributed by atoms with Gasteiger partial charge >= 0.3 is 5.97 Å². The van der Waals surface area contributed by atoms with E-state index < -0.39 is 11.5 Å². The summed E-state index contributed by atoms with van der Waals surface area (Å²) < 4.78 is 1.89. The molecule has 1 aliphatic rings. The summed E-state index contributed by atoms with van der Waals surface area (Å²) >= 11 is 0. The summed E-state index contributed by atoms with van der Waals surface area (Å²) in [6.07, 6.45) is 3.10. The number of aromatic nitrogens is 3. The van der Waals surface area contributed by atoms with Gasteiger partial charge in [-0.15, -0.1) is 0 Å². The average molecular weight is 266 g/mol. The Bertz CT molecular complexity index is 467. The lowest BCUT2D eigenvalue weighted by atomic mass is 9.79. The van der Waals surface area contributed by atoms with Crippen molar-refractivity contribution in [2.75, 3.05) is 6.54 Å². The number of nitrogens with zero attached hydrogens (tertiary/aromatic N) is 3. The van der Waals surface area contributed by atoms with Gasteiger partial charge in [-0.25, -0.2) is 9.67 Å². The van der Waals surface area contributed by atoms with E-state index in [1.165, 1.54) is 0 Å². The third kappa shape index (κ3) is 2.63. The molecule has 0 radical (unpaired) electrons. The van der Waals surface area contributed by atoms with Gasteiger partial charge in [-0.1, -0.05) is 6.92 Å². The maximum atomic E-state index is 11.6. The first-order valence-electron chi connectivity index (χ1n) is 6.86. The second-order valence-corrected chi connectivity index (χ2v) is 5.32. The molecular formula is C13H22N4O2. The molecule has 0 bridgehead atoms. The van der Waals surface area contributed by atoms with Gasteiger partial charge in [-0.05, 0) is 46.1 Å². The van der Waals surface area contributed by atoms with E-state index in [0.29, 0.717) is 19.4 Å². The molecule has 1 heterocycles. The van der Waals surface area contributed by atoms with Crippen molar-refractivity contribution in [3.05, 3.63) is 11.6 Å². The SMILES string of the molecule is CCNC1(C(=O)O)CCCC(n2nc(C)nc2C)C1. The smallest absolute Gasteiger partial charge is 0.323 e. The lowest BCUT2D eigenvalue weighted by molar-refractivity contribution is -0.147. The zero-order chi connectivity index (χ0) is 14.0. The van der Waals surface area contributed by atoms with E-state index in [1.807, 2.05) is 25.5 Å². The predicted octanol–water partition coefficient (Wildman–Crippen LogP) is 1.44. The second-order valence-electron chi connectivity index (χ2n) is 5.32. The number of hydrogen-bond acceptors (Lipinski definition) is 4. The molecule has 106 valence electrons. The van der Waals surface area contributed by atoms with Crippen LogP contribution in [-0.2, 0) is 4.79 Å². The molecule has 2 rings (SSSR count). The molecule has 6 nitrogen and oxygen atoms in total. The van der Waals surface area contributed by atoms with Crippen LogP contribution in [0.3, 0.4) is 0 Å². The van der Waals surface area contributed by atoms with Crippen molar-refractivity contribution < 1.29 is 9.90 Å². The van der Waals surface area contributed by atoms with Crippen molar-refractivity contribution in [2.24, 2.45) is 0 Å². The summed E-state index contributed by atoms with van der Waals surface area (Å²) in [4.78, 5) is 15.9. The van der Waals surface area contributed by atoms with Crippen LogP contribution in [0.4, 0.5) is 0 Å². The standard InChI is InChI=1S/C13H22N4O2/c1-4-14-13(12(18)19)7-5-6-11(8-13)17-10(3)15-9(2)16-17/h11,14H,4-8H2,1-3H3,(H,18,19). The monoisotopic (exact) mass is 266 g/mol. The van der Waals surface area contributed by atoms with Crippen molar-refractivity contribution in [2.45, 2.75) is 58.0 Å². The summed E-state index contributed by atoms with van der Waals surface area (Å²) in [5.41, 5.74) is -0.816. The molecule has 1 aliphatic carbocycles. The Balaban J connectivity index is 2.25. The van der Waals surface area contributed by atoms with Crippen LogP contribution in [-0.4, -0.2) is 37.9 Å². The highest BCUT2D eigenvalue weighted by Crippen LogP contribution is 2.35. The zero-order valence-corrected chi connectivity index (χ0v) is 11.8. The van der Waals surface area contributed by atoms with Crippen molar-refractivity contribution in [1.82, 2.24) is 20.1 Å². The molecular weight excluding hydrogens is 244 g/mol. The molecule has 6 heteroatoms. The van der Waals surface area contributed by atoms with Gasteiger partial charge in [0.05, 0.1) is 6.04 Å². The Labute approximate surface area is 113 Å². The highest BCUT2D eigenvalue weighted by Gasteiger charge is 2.43. The van der Waals surface area contributed by atoms with Crippen LogP contribution >= 0.6 is 0 Å². The van der Waals surface area contributed by atoms with Gasteiger partial charge in [0, 0.05) is 0 Å². The number of carboxylic acid groups (broad SMARTS) is 1. The van der Waals surface area contributed by atoms with Crippen LogP contribution in [0.2, 0.25) is 0 Å². The third-order valence-electron chi connectivity index (χ3n) is 3.90. The number of carbonyl (C=O) groups is 1. The topological polar surface area (TPSA) is 80.0 Å². The van der Waals surface area contributed by atoms with Gasteiger partial charge in [-0.3, -0.25) is 4.79 Å². The lowest BCUT2D eigenvalue weighted by Crippen LogP contribution is -2.55. The predicted molar refractivity (Wildman–Crippen MR) is 71.0 cm³/mol. The number of carboxylic acids is 1. The van der Waals surface area contributed by atoms with Gasteiger partial charge in [0.25, 0.3) is 0 Å². The van der Waals surface area contributed by atoms with E-state index in [0.717, 1.165) is 24.5 Å². The van der Waals surface area contributed by atoms with Crippen LogP contribution in [0.25, 0.3) is 0 Å². The van der Waals surface area contributed by atoms with E-state index in [4.69, 9.17) is 0 Å². The van der Waals surface area contributed by atoms with E-state index in [-0.39, 0.29) is 6.04 Å². The van der Waals surface area contributed by atoms with Crippen molar-refractivity contribution in [3.8, 4) is 0 Å². The lowest BCUT2D eigenvalue weighted by Gasteiger charge is -2.38. The fourth-order valence-corrected chi connectivity index (χ4v) is 3.11. The van der Waals surface area contributed by atoms with Crippen molar-refractivity contribution >= 4 is 5.97 Å². The van der Waals surface area contributed by atoms with E-state index in [9.17, 15) is 9.90 Å². The molecule has 0 aliphatic heterocycles. The normalized spacial score (nSPS) is 27.4. The molecule has 0 aromatic carbocycles. The number of aliphatic carboxylic acids is 1. The molecule has 0 spiro atoms. The number of rotatable bonds is 4. The number of hydrogen-bond donors (Lipinski definition) is 2. The van der Waals surface area contributed by atoms with Gasteiger partial charge in [-0.2, -0.15) is 5.10 Å². The molecule has 1 aromatic heterocycles. The molecule has 2 N–H and O–H groups in total. The zero-order valence-electron chi connectivity index (χ0n) is 11.8. The molecule has 2 unspecified atom stereocenters. The fraction of sp³-hybridized carbons (Fsp3) is 0.769. The number of aryl methyl sites for hydroxylation is 2. The third-order valence-corrected chi connectivity index (χ3v) is 3.90. The van der Waals surface area contributed by atoms with Crippen LogP contribution in [0, 0.1) is 13.8 Å². The molecule has 0 amide bonds. The summed E-state index contributed by atoms with van der Waals surface area (Å²) in [7, 11) is 0. The molecule has 1 aromatic rings. The maximum Gasteiger partial charge on any atom is 0.323 e. The first-order valence-corrected chi connectivity index (χ1v) is 6.86. The van der Waals surface area contributed by atoms with Crippen LogP contribution in [0.15, 0.2) is 0 Å². The van der Waals surface area contributed by atoms with E-state index in [1.54, 1.807) is 0 Å². The summed E-state index contributed by atoms with van der Waals surface area (Å²) in [5.74, 6) is 0.848. The van der Waals surface area contributed by atoms with Gasteiger partial charge in [0.15, 0.2) is 0 Å². The summed E-state index contributed by atoms with van der Waals surface area (Å²) in [6.45, 7) is 6.39. The Hall–Kier alpha value is -1.43. The second kappa shape index (κ2) is 5.28. The summed E-state index contributed by atoms with van der Waals surface area (Å²) in [6, 6.07) is 0.116. The molecule has 1 saturated carbocycles. The highest BCUT2D eigenvalue weighted by atomic mass is 16.4. The van der Waals surface area contributed by atoms with E-state index in [2.05, 4.69) is 15.4 Å². The van der Waals surface area contributed by atoms with Gasteiger partial charge in [0.1, 0.15) is 17.2 Å². The Morgan fingerprint density at radius 3 is 2.84 bits per heavy atom. The minimum absolute atomic E-state index is 0.116. The van der Waals surface area contributed by atoms with Crippen molar-refractivity contribution in [3.63, 3.8) is 0 Å². The van der Waals surface area contributed by atoms with Crippen LogP contribution in [0.1, 0.15) is 50.3 Å². The average Bonchev–Trinajstić information content (AvgIpc) is 2.69.